The molecule has 0 amide bonds. The normalized spacial score (nSPS) is 29.3. The second-order valence-electron chi connectivity index (χ2n) is 7.27. The van der Waals surface area contributed by atoms with E-state index in [9.17, 15) is 24.3 Å². The Labute approximate surface area is 180 Å². The molecule has 2 aliphatic rings. The molecular weight excluding hydrogens is 408 g/mol. The maximum Gasteiger partial charge on any atom is 0.337 e. The summed E-state index contributed by atoms with van der Waals surface area (Å²) in [7, 11) is 1.16. The Hall–Kier alpha value is -3.20. The first-order valence-electron chi connectivity index (χ1n) is 9.63. The van der Waals surface area contributed by atoms with Crippen LogP contribution in [0.15, 0.2) is 47.6 Å². The SMILES string of the molecule is C=C(C)C(=O)O[C@H]1[C@H]2C(=C)C(=O)O[C@@H]2/C=C(/CO)CC/C=C(/C(=O)OC)[C@H]1OC(C)=O. The molecule has 0 radical (unpaired) electrons. The summed E-state index contributed by atoms with van der Waals surface area (Å²) >= 11 is 0. The molecule has 1 aliphatic heterocycles. The lowest BCUT2D eigenvalue weighted by Gasteiger charge is -2.33. The molecular formula is C22H26O9. The van der Waals surface area contributed by atoms with Crippen LogP contribution in [0.2, 0.25) is 0 Å². The quantitative estimate of drug-likeness (QED) is 0.295. The number of allylic oxidation sites excluding steroid dienone is 1. The molecule has 0 unspecified atom stereocenters. The highest BCUT2D eigenvalue weighted by atomic mass is 16.6. The highest BCUT2D eigenvalue weighted by molar-refractivity contribution is 5.93. The summed E-state index contributed by atoms with van der Waals surface area (Å²) in [4.78, 5) is 49.2. The van der Waals surface area contributed by atoms with Gasteiger partial charge in [0.05, 0.1) is 25.2 Å². The van der Waals surface area contributed by atoms with Gasteiger partial charge in [0.2, 0.25) is 0 Å². The predicted octanol–water partition coefficient (Wildman–Crippen LogP) is 1.32. The van der Waals surface area contributed by atoms with Gasteiger partial charge in [-0.15, -0.1) is 0 Å². The molecule has 0 bridgehead atoms. The van der Waals surface area contributed by atoms with E-state index in [4.69, 9.17) is 18.9 Å². The minimum atomic E-state index is -1.39. The summed E-state index contributed by atoms with van der Waals surface area (Å²) in [6, 6.07) is 0. The van der Waals surface area contributed by atoms with E-state index in [2.05, 4.69) is 13.2 Å². The molecule has 168 valence electrons. The summed E-state index contributed by atoms with van der Waals surface area (Å²) in [6.45, 7) is 9.54. The number of ether oxygens (including phenoxy) is 4. The summed E-state index contributed by atoms with van der Waals surface area (Å²) in [5.74, 6) is -4.09. The molecule has 9 nitrogen and oxygen atoms in total. The number of carbonyl (C=O) groups is 4. The molecule has 31 heavy (non-hydrogen) atoms. The molecule has 9 heteroatoms. The predicted molar refractivity (Wildman–Crippen MR) is 107 cm³/mol. The topological polar surface area (TPSA) is 125 Å². The fraction of sp³-hybridized carbons (Fsp3) is 0.455. The van der Waals surface area contributed by atoms with Crippen LogP contribution >= 0.6 is 0 Å². The molecule has 1 N–H and O–H groups in total. The number of rotatable bonds is 5. The fourth-order valence-corrected chi connectivity index (χ4v) is 3.46. The number of aliphatic hydroxyl groups excluding tert-OH is 1. The van der Waals surface area contributed by atoms with Gasteiger partial charge >= 0.3 is 23.9 Å². The van der Waals surface area contributed by atoms with Crippen molar-refractivity contribution in [3.8, 4) is 0 Å². The number of hydrogen-bond donors (Lipinski definition) is 1. The Morgan fingerprint density at radius 3 is 2.48 bits per heavy atom. The van der Waals surface area contributed by atoms with Crippen molar-refractivity contribution in [1.29, 1.82) is 0 Å². The first-order chi connectivity index (χ1) is 14.6. The van der Waals surface area contributed by atoms with E-state index < -0.39 is 48.1 Å². The zero-order valence-corrected chi connectivity index (χ0v) is 17.7. The van der Waals surface area contributed by atoms with E-state index in [1.807, 2.05) is 0 Å². The summed E-state index contributed by atoms with van der Waals surface area (Å²) < 4.78 is 21.2. The van der Waals surface area contributed by atoms with Crippen molar-refractivity contribution >= 4 is 23.9 Å². The number of aliphatic hydroxyl groups is 1. The van der Waals surface area contributed by atoms with Gasteiger partial charge in [-0.05, 0) is 31.4 Å². The first-order valence-corrected chi connectivity index (χ1v) is 9.63. The van der Waals surface area contributed by atoms with Crippen molar-refractivity contribution in [1.82, 2.24) is 0 Å². The van der Waals surface area contributed by atoms with Gasteiger partial charge in [-0.3, -0.25) is 4.79 Å². The number of carbonyl (C=O) groups excluding carboxylic acids is 4. The molecule has 1 heterocycles. The molecule has 1 aliphatic carbocycles. The van der Waals surface area contributed by atoms with Crippen LogP contribution in [0.1, 0.15) is 26.7 Å². The number of hydrogen-bond acceptors (Lipinski definition) is 9. The zero-order valence-electron chi connectivity index (χ0n) is 17.7. The van der Waals surface area contributed by atoms with E-state index in [1.54, 1.807) is 6.08 Å². The van der Waals surface area contributed by atoms with Gasteiger partial charge in [-0.25, -0.2) is 14.4 Å². The summed E-state index contributed by atoms with van der Waals surface area (Å²) in [6.07, 6.45) is -0.0297. The van der Waals surface area contributed by atoms with Crippen LogP contribution in [0.4, 0.5) is 0 Å². The maximum absolute atomic E-state index is 12.6. The average Bonchev–Trinajstić information content (AvgIpc) is 2.99. The van der Waals surface area contributed by atoms with E-state index in [0.29, 0.717) is 12.0 Å². The van der Waals surface area contributed by atoms with Gasteiger partial charge < -0.3 is 24.1 Å². The molecule has 0 spiro atoms. The smallest absolute Gasteiger partial charge is 0.337 e. The van der Waals surface area contributed by atoms with Crippen LogP contribution < -0.4 is 0 Å². The third-order valence-electron chi connectivity index (χ3n) is 4.96. The van der Waals surface area contributed by atoms with E-state index in [1.165, 1.54) is 13.0 Å². The standard InChI is InChI=1S/C22H26O9/c1-11(2)20(25)31-19-17-12(3)21(26)30-16(17)9-14(10-23)7-6-8-15(22(27)28-5)18(19)29-13(4)24/h8-9,16-19,23H,1,3,6-7,10H2,2,4-5H3/b14-9+,15-8+/t16-,17+,18-,19+/m1/s1. The maximum atomic E-state index is 12.6. The van der Waals surface area contributed by atoms with E-state index in [0.717, 1.165) is 14.0 Å². The fourth-order valence-electron chi connectivity index (χ4n) is 3.46. The molecule has 0 aromatic heterocycles. The highest BCUT2D eigenvalue weighted by Crippen LogP contribution is 2.38. The van der Waals surface area contributed by atoms with Crippen molar-refractivity contribution in [3.05, 3.63) is 47.6 Å². The Kier molecular flexibility index (Phi) is 7.93. The molecule has 0 saturated carbocycles. The van der Waals surface area contributed by atoms with Gasteiger partial charge in [-0.2, -0.15) is 0 Å². The Morgan fingerprint density at radius 2 is 1.94 bits per heavy atom. The lowest BCUT2D eigenvalue weighted by molar-refractivity contribution is -0.167. The molecule has 4 atom stereocenters. The van der Waals surface area contributed by atoms with Crippen LogP contribution in [0.5, 0.6) is 0 Å². The first kappa shape index (κ1) is 24.1. The second kappa shape index (κ2) is 10.2. The molecule has 0 aromatic rings. The number of methoxy groups -OCH3 is 1. The minimum Gasteiger partial charge on any atom is -0.466 e. The Balaban J connectivity index is 2.72. The number of esters is 4. The second-order valence-corrected chi connectivity index (χ2v) is 7.27. The van der Waals surface area contributed by atoms with E-state index >= 15 is 0 Å². The van der Waals surface area contributed by atoms with Crippen molar-refractivity contribution < 1.29 is 43.2 Å². The van der Waals surface area contributed by atoms with Crippen LogP contribution in [-0.2, 0) is 38.1 Å². The molecule has 2 rings (SSSR count). The molecule has 1 saturated heterocycles. The van der Waals surface area contributed by atoms with E-state index in [-0.39, 0.29) is 29.7 Å². The van der Waals surface area contributed by atoms with Crippen molar-refractivity contribution in [2.45, 2.75) is 45.0 Å². The summed E-state index contributed by atoms with van der Waals surface area (Å²) in [5, 5.41) is 9.69. The largest absolute Gasteiger partial charge is 0.466 e. The summed E-state index contributed by atoms with van der Waals surface area (Å²) in [5.41, 5.74) is 0.512. The third-order valence-corrected chi connectivity index (χ3v) is 4.96. The van der Waals surface area contributed by atoms with Crippen molar-refractivity contribution in [2.75, 3.05) is 13.7 Å². The van der Waals surface area contributed by atoms with Crippen molar-refractivity contribution in [2.24, 2.45) is 5.92 Å². The Morgan fingerprint density at radius 1 is 1.26 bits per heavy atom. The highest BCUT2D eigenvalue weighted by Gasteiger charge is 2.50. The van der Waals surface area contributed by atoms with Crippen molar-refractivity contribution in [3.63, 3.8) is 0 Å². The van der Waals surface area contributed by atoms with Crippen LogP contribution in [0, 0.1) is 5.92 Å². The van der Waals surface area contributed by atoms with Gasteiger partial charge in [0.1, 0.15) is 6.10 Å². The molecule has 1 fully saturated rings. The lowest BCUT2D eigenvalue weighted by atomic mass is 9.83. The lowest BCUT2D eigenvalue weighted by Crippen LogP contribution is -2.46. The zero-order chi connectivity index (χ0) is 23.3. The van der Waals surface area contributed by atoms with Crippen LogP contribution in [0.25, 0.3) is 0 Å². The van der Waals surface area contributed by atoms with Gasteiger partial charge in [0, 0.05) is 18.1 Å². The third kappa shape index (κ3) is 5.49. The van der Waals surface area contributed by atoms with Crippen LogP contribution in [0.3, 0.4) is 0 Å². The van der Waals surface area contributed by atoms with Gasteiger partial charge in [-0.1, -0.05) is 19.2 Å². The Bertz CT molecular complexity index is 864. The average molecular weight is 434 g/mol. The van der Waals surface area contributed by atoms with Gasteiger partial charge in [0.15, 0.2) is 12.2 Å². The van der Waals surface area contributed by atoms with Gasteiger partial charge in [0.25, 0.3) is 0 Å². The monoisotopic (exact) mass is 434 g/mol. The number of fused-ring (bicyclic) bond motifs is 1. The molecule has 0 aromatic carbocycles. The minimum absolute atomic E-state index is 0.0278. The van der Waals surface area contributed by atoms with Crippen LogP contribution in [-0.4, -0.2) is 61.0 Å².